The molecule has 0 aliphatic heterocycles. The summed E-state index contributed by atoms with van der Waals surface area (Å²) in [5.74, 6) is 0.728. The van der Waals surface area contributed by atoms with Gasteiger partial charge in [0.25, 0.3) is 0 Å². The normalized spacial score (nSPS) is 14.6. The first-order chi connectivity index (χ1) is 5.22. The Morgan fingerprint density at radius 2 is 2.00 bits per heavy atom. The third-order valence-electron chi connectivity index (χ3n) is 1.90. The maximum Gasteiger partial charge on any atom is 0.0124 e. The predicted octanol–water partition coefficient (Wildman–Crippen LogP) is 2.59. The van der Waals surface area contributed by atoms with Gasteiger partial charge in [-0.05, 0) is 25.8 Å². The van der Waals surface area contributed by atoms with Crippen LogP contribution < -0.4 is 5.32 Å². The molecule has 0 aromatic heterocycles. The average molecular weight is 155 g/mol. The summed E-state index contributed by atoms with van der Waals surface area (Å²) in [6, 6.07) is 0.649. The lowest BCUT2D eigenvalue weighted by molar-refractivity contribution is 0.410. The van der Waals surface area contributed by atoms with Crippen molar-refractivity contribution < 1.29 is 0 Å². The molecular weight excluding hydrogens is 134 g/mol. The van der Waals surface area contributed by atoms with Crippen molar-refractivity contribution in [1.82, 2.24) is 5.32 Å². The Morgan fingerprint density at radius 1 is 1.36 bits per heavy atom. The van der Waals surface area contributed by atoms with Gasteiger partial charge in [-0.3, -0.25) is 0 Å². The van der Waals surface area contributed by atoms with Gasteiger partial charge in [-0.2, -0.15) is 0 Å². The quantitative estimate of drug-likeness (QED) is 0.602. The zero-order valence-electron chi connectivity index (χ0n) is 8.22. The zero-order chi connectivity index (χ0) is 8.69. The van der Waals surface area contributed by atoms with E-state index in [-0.39, 0.29) is 0 Å². The molecule has 0 radical (unpaired) electrons. The minimum Gasteiger partial charge on any atom is -0.314 e. The lowest BCUT2D eigenvalue weighted by Crippen LogP contribution is -2.32. The van der Waals surface area contributed by atoms with Gasteiger partial charge in [0, 0.05) is 6.04 Å². The van der Waals surface area contributed by atoms with Crippen molar-refractivity contribution in [1.29, 1.82) is 0 Å². The summed E-state index contributed by atoms with van der Waals surface area (Å²) in [5, 5.41) is 3.47. The van der Waals surface area contributed by atoms with E-state index in [1.165, 1.54) is 0 Å². The van der Waals surface area contributed by atoms with Crippen LogP contribution >= 0.6 is 0 Å². The Morgan fingerprint density at radius 3 is 2.36 bits per heavy atom. The van der Waals surface area contributed by atoms with Gasteiger partial charge >= 0.3 is 0 Å². The van der Waals surface area contributed by atoms with Crippen molar-refractivity contribution in [3.05, 3.63) is 12.2 Å². The van der Waals surface area contributed by atoms with Crippen LogP contribution in [0.5, 0.6) is 0 Å². The summed E-state index contributed by atoms with van der Waals surface area (Å²) in [7, 11) is 0. The lowest BCUT2D eigenvalue weighted by Gasteiger charge is -2.19. The van der Waals surface area contributed by atoms with E-state index in [1.807, 2.05) is 0 Å². The van der Waals surface area contributed by atoms with Gasteiger partial charge < -0.3 is 5.32 Å². The summed E-state index contributed by atoms with van der Waals surface area (Å²) in [6.07, 6.45) is 5.50. The van der Waals surface area contributed by atoms with Gasteiger partial charge in [-0.15, -0.1) is 0 Å². The number of hydrogen-bond donors (Lipinski definition) is 1. The molecule has 0 aromatic rings. The van der Waals surface area contributed by atoms with E-state index < -0.39 is 0 Å². The zero-order valence-corrected chi connectivity index (χ0v) is 8.22. The van der Waals surface area contributed by atoms with Crippen LogP contribution in [0.25, 0.3) is 0 Å². The highest BCUT2D eigenvalue weighted by Gasteiger charge is 2.08. The van der Waals surface area contributed by atoms with Crippen molar-refractivity contribution in [3.63, 3.8) is 0 Å². The van der Waals surface area contributed by atoms with Gasteiger partial charge in [0.15, 0.2) is 0 Å². The van der Waals surface area contributed by atoms with Crippen LogP contribution in [0.2, 0.25) is 0 Å². The fraction of sp³-hybridized carbons (Fsp3) is 0.800. The second-order valence-electron chi connectivity index (χ2n) is 3.21. The third kappa shape index (κ3) is 5.02. The van der Waals surface area contributed by atoms with E-state index in [0.29, 0.717) is 6.04 Å². The van der Waals surface area contributed by atoms with E-state index in [9.17, 15) is 0 Å². The number of allylic oxidation sites excluding steroid dienone is 1. The van der Waals surface area contributed by atoms with Crippen LogP contribution in [-0.4, -0.2) is 12.6 Å². The van der Waals surface area contributed by atoms with Gasteiger partial charge in [-0.25, -0.2) is 0 Å². The molecule has 1 N–H and O–H groups in total. The molecule has 11 heavy (non-hydrogen) atoms. The molecule has 0 aliphatic carbocycles. The lowest BCUT2D eigenvalue weighted by atomic mass is 10.0. The number of rotatable bonds is 5. The molecule has 66 valence electrons. The Balaban J connectivity index is 3.69. The second kappa shape index (κ2) is 6.41. The van der Waals surface area contributed by atoms with Crippen molar-refractivity contribution >= 4 is 0 Å². The third-order valence-corrected chi connectivity index (χ3v) is 1.90. The molecule has 0 heterocycles. The van der Waals surface area contributed by atoms with Crippen molar-refractivity contribution in [3.8, 4) is 0 Å². The van der Waals surface area contributed by atoms with E-state index in [4.69, 9.17) is 0 Å². The van der Waals surface area contributed by atoms with Crippen LogP contribution in [0.3, 0.4) is 0 Å². The van der Waals surface area contributed by atoms with E-state index in [2.05, 4.69) is 45.2 Å². The highest BCUT2D eigenvalue weighted by atomic mass is 14.9. The maximum absolute atomic E-state index is 3.47. The summed E-state index contributed by atoms with van der Waals surface area (Å²) >= 11 is 0. The molecule has 1 nitrogen and oxygen atoms in total. The monoisotopic (exact) mass is 155 g/mol. The van der Waals surface area contributed by atoms with Crippen molar-refractivity contribution in [2.45, 2.75) is 40.2 Å². The maximum atomic E-state index is 3.47. The molecule has 0 aliphatic rings. The van der Waals surface area contributed by atoms with Gasteiger partial charge in [0.05, 0.1) is 0 Å². The van der Waals surface area contributed by atoms with Crippen LogP contribution in [0.4, 0.5) is 0 Å². The SMILES string of the molecule is C/C=C\C[C@H](NCC)C(C)C. The van der Waals surface area contributed by atoms with Gasteiger partial charge in [0.2, 0.25) is 0 Å². The van der Waals surface area contributed by atoms with Crippen LogP contribution in [0, 0.1) is 5.92 Å². The van der Waals surface area contributed by atoms with E-state index in [1.54, 1.807) is 0 Å². The molecule has 0 saturated heterocycles. The molecule has 0 rings (SSSR count). The molecule has 0 bridgehead atoms. The Hall–Kier alpha value is -0.300. The summed E-state index contributed by atoms with van der Waals surface area (Å²) < 4.78 is 0. The average Bonchev–Trinajstić information content (AvgIpc) is 1.97. The highest BCUT2D eigenvalue weighted by Crippen LogP contribution is 2.06. The smallest absolute Gasteiger partial charge is 0.0124 e. The van der Waals surface area contributed by atoms with Crippen LogP contribution in [0.15, 0.2) is 12.2 Å². The Labute approximate surface area is 70.9 Å². The first-order valence-corrected chi connectivity index (χ1v) is 4.56. The van der Waals surface area contributed by atoms with E-state index in [0.717, 1.165) is 18.9 Å². The minimum atomic E-state index is 0.649. The fourth-order valence-electron chi connectivity index (χ4n) is 1.14. The van der Waals surface area contributed by atoms with Crippen LogP contribution in [0.1, 0.15) is 34.1 Å². The minimum absolute atomic E-state index is 0.649. The first kappa shape index (κ1) is 10.7. The van der Waals surface area contributed by atoms with Gasteiger partial charge in [-0.1, -0.05) is 32.9 Å². The standard InChI is InChI=1S/C10H21N/c1-5-7-8-10(9(3)4)11-6-2/h5,7,9-11H,6,8H2,1-4H3/b7-5-/t10-/m0/s1. The second-order valence-corrected chi connectivity index (χ2v) is 3.21. The number of hydrogen-bond acceptors (Lipinski definition) is 1. The molecular formula is C10H21N. The molecule has 0 saturated carbocycles. The molecule has 1 atom stereocenters. The summed E-state index contributed by atoms with van der Waals surface area (Å²) in [4.78, 5) is 0. The largest absolute Gasteiger partial charge is 0.314 e. The van der Waals surface area contributed by atoms with Gasteiger partial charge in [0.1, 0.15) is 0 Å². The number of nitrogens with one attached hydrogen (secondary N) is 1. The highest BCUT2D eigenvalue weighted by molar-refractivity contribution is 4.84. The topological polar surface area (TPSA) is 12.0 Å². The summed E-state index contributed by atoms with van der Waals surface area (Å²) in [5.41, 5.74) is 0. The molecule has 1 heteroatoms. The summed E-state index contributed by atoms with van der Waals surface area (Å²) in [6.45, 7) is 9.82. The Bertz CT molecular complexity index is 105. The molecule has 0 unspecified atom stereocenters. The van der Waals surface area contributed by atoms with Crippen molar-refractivity contribution in [2.24, 2.45) is 5.92 Å². The molecule has 0 aromatic carbocycles. The fourth-order valence-corrected chi connectivity index (χ4v) is 1.14. The predicted molar refractivity (Wildman–Crippen MR) is 51.7 cm³/mol. The molecule has 0 amide bonds. The molecule has 0 spiro atoms. The van der Waals surface area contributed by atoms with Crippen LogP contribution in [-0.2, 0) is 0 Å². The van der Waals surface area contributed by atoms with E-state index >= 15 is 0 Å². The Kier molecular flexibility index (Phi) is 6.24. The molecule has 0 fully saturated rings. The van der Waals surface area contributed by atoms with Crippen molar-refractivity contribution in [2.75, 3.05) is 6.54 Å². The first-order valence-electron chi connectivity index (χ1n) is 4.56.